The third-order valence-corrected chi connectivity index (χ3v) is 3.70. The van der Waals surface area contributed by atoms with Crippen molar-refractivity contribution in [2.75, 3.05) is 19.7 Å². The van der Waals surface area contributed by atoms with Crippen LogP contribution in [0.1, 0.15) is 30.9 Å². The number of amides is 1. The van der Waals surface area contributed by atoms with Crippen LogP contribution in [0.25, 0.3) is 0 Å². The van der Waals surface area contributed by atoms with Crippen LogP contribution in [0.3, 0.4) is 0 Å². The molecule has 1 heterocycles. The Bertz CT molecular complexity index is 499. The molecule has 5 heteroatoms. The molecule has 112 valence electrons. The molecule has 21 heavy (non-hydrogen) atoms. The van der Waals surface area contributed by atoms with Crippen LogP contribution in [0.2, 0.25) is 0 Å². The molecule has 2 rings (SSSR count). The average Bonchev–Trinajstić information content (AvgIpc) is 2.54. The first kappa shape index (κ1) is 15.3. The summed E-state index contributed by atoms with van der Waals surface area (Å²) in [6.45, 7) is 4.52. The molecule has 1 saturated heterocycles. The molecule has 1 aliphatic heterocycles. The van der Waals surface area contributed by atoms with Crippen molar-refractivity contribution >= 4 is 6.09 Å². The average molecular weight is 287 g/mol. The minimum absolute atomic E-state index is 0.206. The Balaban J connectivity index is 1.73. The zero-order valence-corrected chi connectivity index (χ0v) is 12.3. The van der Waals surface area contributed by atoms with Crippen LogP contribution in [0.15, 0.2) is 24.3 Å². The lowest BCUT2D eigenvalue weighted by atomic mass is 10.0. The van der Waals surface area contributed by atoms with E-state index in [4.69, 9.17) is 10.00 Å². The van der Waals surface area contributed by atoms with E-state index in [-0.39, 0.29) is 6.09 Å². The molecule has 1 amide bonds. The molecule has 0 aromatic heterocycles. The van der Waals surface area contributed by atoms with Gasteiger partial charge >= 0.3 is 6.09 Å². The number of nitriles is 1. The fourth-order valence-corrected chi connectivity index (χ4v) is 2.44. The van der Waals surface area contributed by atoms with Gasteiger partial charge in [-0.15, -0.1) is 0 Å². The smallest absolute Gasteiger partial charge is 0.409 e. The van der Waals surface area contributed by atoms with Gasteiger partial charge in [-0.3, -0.25) is 0 Å². The first-order chi connectivity index (χ1) is 10.2. The SMILES string of the molecule is CCOC(=O)N1CCC(NCc2ccc(C#N)cc2)CC1. The van der Waals surface area contributed by atoms with Crippen molar-refractivity contribution in [2.45, 2.75) is 32.4 Å². The number of hydrogen-bond donors (Lipinski definition) is 1. The standard InChI is InChI=1S/C16H21N3O2/c1-2-21-16(20)19-9-7-15(8-10-19)18-12-14-5-3-13(11-17)4-6-14/h3-6,15,18H,2,7-10,12H2,1H3. The predicted octanol–water partition coefficient (Wildman–Crippen LogP) is 2.27. The third kappa shape index (κ3) is 4.47. The van der Waals surface area contributed by atoms with Gasteiger partial charge in [0, 0.05) is 25.7 Å². The van der Waals surface area contributed by atoms with Crippen molar-refractivity contribution in [1.29, 1.82) is 5.26 Å². The van der Waals surface area contributed by atoms with Gasteiger partial charge in [0.25, 0.3) is 0 Å². The molecule has 0 atom stereocenters. The van der Waals surface area contributed by atoms with Gasteiger partial charge in [-0.2, -0.15) is 5.26 Å². The van der Waals surface area contributed by atoms with Crippen LogP contribution in [-0.4, -0.2) is 36.7 Å². The fourth-order valence-electron chi connectivity index (χ4n) is 2.44. The molecular weight excluding hydrogens is 266 g/mol. The van der Waals surface area contributed by atoms with Crippen LogP contribution in [0.4, 0.5) is 4.79 Å². The van der Waals surface area contributed by atoms with Gasteiger partial charge in [0.2, 0.25) is 0 Å². The second-order valence-corrected chi connectivity index (χ2v) is 5.15. The lowest BCUT2D eigenvalue weighted by molar-refractivity contribution is 0.0950. The van der Waals surface area contributed by atoms with E-state index in [1.54, 1.807) is 4.90 Å². The van der Waals surface area contributed by atoms with E-state index in [9.17, 15) is 4.79 Å². The van der Waals surface area contributed by atoms with Gasteiger partial charge < -0.3 is 15.0 Å². The topological polar surface area (TPSA) is 65.4 Å². The van der Waals surface area contributed by atoms with E-state index >= 15 is 0 Å². The van der Waals surface area contributed by atoms with Crippen molar-refractivity contribution in [2.24, 2.45) is 0 Å². The lowest BCUT2D eigenvalue weighted by Crippen LogP contribution is -2.44. The minimum Gasteiger partial charge on any atom is -0.450 e. The Kier molecular flexibility index (Phi) is 5.59. The van der Waals surface area contributed by atoms with E-state index in [1.165, 1.54) is 5.56 Å². The summed E-state index contributed by atoms with van der Waals surface area (Å²) < 4.78 is 5.01. The molecule has 1 fully saturated rings. The first-order valence-electron chi connectivity index (χ1n) is 7.37. The number of piperidine rings is 1. The molecule has 0 unspecified atom stereocenters. The Hall–Kier alpha value is -2.06. The molecule has 0 bridgehead atoms. The minimum atomic E-state index is -0.206. The van der Waals surface area contributed by atoms with Crippen LogP contribution in [0, 0.1) is 11.3 Å². The maximum Gasteiger partial charge on any atom is 0.409 e. The van der Waals surface area contributed by atoms with Crippen molar-refractivity contribution < 1.29 is 9.53 Å². The second-order valence-electron chi connectivity index (χ2n) is 5.15. The molecular formula is C16H21N3O2. The van der Waals surface area contributed by atoms with Gasteiger partial charge in [0.05, 0.1) is 18.2 Å². The zero-order chi connectivity index (χ0) is 15.1. The summed E-state index contributed by atoms with van der Waals surface area (Å²) in [5.74, 6) is 0. The number of nitrogens with one attached hydrogen (secondary N) is 1. The maximum atomic E-state index is 11.6. The summed E-state index contributed by atoms with van der Waals surface area (Å²) in [6, 6.07) is 10.1. The number of ether oxygens (including phenoxy) is 1. The van der Waals surface area contributed by atoms with E-state index < -0.39 is 0 Å². The number of rotatable bonds is 4. The number of benzene rings is 1. The van der Waals surface area contributed by atoms with Crippen LogP contribution >= 0.6 is 0 Å². The monoisotopic (exact) mass is 287 g/mol. The molecule has 5 nitrogen and oxygen atoms in total. The lowest BCUT2D eigenvalue weighted by Gasteiger charge is -2.31. The van der Waals surface area contributed by atoms with E-state index in [0.29, 0.717) is 18.2 Å². The fraction of sp³-hybridized carbons (Fsp3) is 0.500. The van der Waals surface area contributed by atoms with Crippen molar-refractivity contribution in [3.05, 3.63) is 35.4 Å². The van der Waals surface area contributed by atoms with Crippen molar-refractivity contribution in [3.8, 4) is 6.07 Å². The largest absolute Gasteiger partial charge is 0.450 e. The Labute approximate surface area is 125 Å². The highest BCUT2D eigenvalue weighted by molar-refractivity contribution is 5.67. The van der Waals surface area contributed by atoms with E-state index in [0.717, 1.165) is 32.5 Å². The highest BCUT2D eigenvalue weighted by atomic mass is 16.6. The molecule has 1 aromatic carbocycles. The molecule has 0 spiro atoms. The molecule has 0 saturated carbocycles. The molecule has 1 aliphatic rings. The highest BCUT2D eigenvalue weighted by Crippen LogP contribution is 2.12. The molecule has 0 radical (unpaired) electrons. The van der Waals surface area contributed by atoms with Crippen molar-refractivity contribution in [1.82, 2.24) is 10.2 Å². The summed E-state index contributed by atoms with van der Waals surface area (Å²) >= 11 is 0. The van der Waals surface area contributed by atoms with E-state index in [1.807, 2.05) is 31.2 Å². The summed E-state index contributed by atoms with van der Waals surface area (Å²) in [6.07, 6.45) is 1.67. The normalized spacial score (nSPS) is 15.5. The van der Waals surface area contributed by atoms with Crippen LogP contribution < -0.4 is 5.32 Å². The molecule has 0 aliphatic carbocycles. The Morgan fingerprint density at radius 1 is 1.38 bits per heavy atom. The molecule has 1 aromatic rings. The van der Waals surface area contributed by atoms with Crippen molar-refractivity contribution in [3.63, 3.8) is 0 Å². The Morgan fingerprint density at radius 2 is 2.05 bits per heavy atom. The summed E-state index contributed by atoms with van der Waals surface area (Å²) in [7, 11) is 0. The summed E-state index contributed by atoms with van der Waals surface area (Å²) in [5, 5.41) is 12.3. The zero-order valence-electron chi connectivity index (χ0n) is 12.3. The summed E-state index contributed by atoms with van der Waals surface area (Å²) in [4.78, 5) is 13.4. The second kappa shape index (κ2) is 7.65. The van der Waals surface area contributed by atoms with Gasteiger partial charge in [-0.25, -0.2) is 4.79 Å². The first-order valence-corrected chi connectivity index (χ1v) is 7.37. The maximum absolute atomic E-state index is 11.6. The number of carbonyl (C=O) groups is 1. The number of nitrogens with zero attached hydrogens (tertiary/aromatic N) is 2. The van der Waals surface area contributed by atoms with Gasteiger partial charge in [-0.1, -0.05) is 12.1 Å². The summed E-state index contributed by atoms with van der Waals surface area (Å²) in [5.41, 5.74) is 1.85. The van der Waals surface area contributed by atoms with Gasteiger partial charge in [0.1, 0.15) is 0 Å². The number of hydrogen-bond acceptors (Lipinski definition) is 4. The van der Waals surface area contributed by atoms with Crippen LogP contribution in [-0.2, 0) is 11.3 Å². The number of carbonyl (C=O) groups excluding carboxylic acids is 1. The number of likely N-dealkylation sites (tertiary alicyclic amines) is 1. The quantitative estimate of drug-likeness (QED) is 0.922. The van der Waals surface area contributed by atoms with Gasteiger partial charge in [-0.05, 0) is 37.5 Å². The third-order valence-electron chi connectivity index (χ3n) is 3.70. The predicted molar refractivity (Wildman–Crippen MR) is 79.6 cm³/mol. The van der Waals surface area contributed by atoms with Crippen LogP contribution in [0.5, 0.6) is 0 Å². The highest BCUT2D eigenvalue weighted by Gasteiger charge is 2.22. The van der Waals surface area contributed by atoms with Gasteiger partial charge in [0.15, 0.2) is 0 Å². The Morgan fingerprint density at radius 3 is 2.62 bits per heavy atom. The van der Waals surface area contributed by atoms with E-state index in [2.05, 4.69) is 11.4 Å². The molecule has 1 N–H and O–H groups in total.